The van der Waals surface area contributed by atoms with Crippen molar-refractivity contribution < 1.29 is 27.7 Å². The van der Waals surface area contributed by atoms with Gasteiger partial charge in [-0.05, 0) is 12.1 Å². The molecule has 10 heteroatoms. The number of esters is 1. The number of nitro benzene ring substituents is 1. The maximum Gasteiger partial charge on any atom is 0.329 e. The van der Waals surface area contributed by atoms with Crippen LogP contribution in [0.3, 0.4) is 0 Å². The number of fused-ring (bicyclic) bond motifs is 1. The Morgan fingerprint density at radius 1 is 1.10 bits per heavy atom. The summed E-state index contributed by atoms with van der Waals surface area (Å²) in [5, 5.41) is 12.8. The van der Waals surface area contributed by atoms with Gasteiger partial charge in [0.15, 0.2) is 15.4 Å². The molecular formula is C20H20N2O7S. The van der Waals surface area contributed by atoms with Gasteiger partial charge >= 0.3 is 5.97 Å². The summed E-state index contributed by atoms with van der Waals surface area (Å²) >= 11 is 0. The predicted octanol–water partition coefficient (Wildman–Crippen LogP) is 1.77. The highest BCUT2D eigenvalue weighted by Gasteiger charge is 2.61. The molecule has 0 aromatic heterocycles. The van der Waals surface area contributed by atoms with Crippen molar-refractivity contribution in [3.05, 3.63) is 70.3 Å². The Labute approximate surface area is 173 Å². The lowest BCUT2D eigenvalue weighted by molar-refractivity contribution is -0.385. The number of para-hydroxylation sites is 1. The summed E-state index contributed by atoms with van der Waals surface area (Å²) in [6, 6.07) is 14.2. The molecule has 0 N–H and O–H groups in total. The first-order chi connectivity index (χ1) is 14.3. The van der Waals surface area contributed by atoms with E-state index in [4.69, 9.17) is 9.57 Å². The second kappa shape index (κ2) is 7.78. The second-order valence-corrected chi connectivity index (χ2v) is 9.42. The number of hydrogen-bond acceptors (Lipinski definition) is 8. The molecule has 2 aromatic carbocycles. The van der Waals surface area contributed by atoms with Crippen LogP contribution in [0.15, 0.2) is 59.5 Å². The number of nitrogens with zero attached hydrogens (tertiary/aromatic N) is 2. The highest BCUT2D eigenvalue weighted by molar-refractivity contribution is 7.91. The normalized spacial score (nSPS) is 23.9. The first-order valence-corrected chi connectivity index (χ1v) is 11.1. The molecule has 0 radical (unpaired) electrons. The number of rotatable bonds is 7. The minimum Gasteiger partial charge on any atom is -0.464 e. The number of sulfone groups is 1. The van der Waals surface area contributed by atoms with Gasteiger partial charge in [0.1, 0.15) is 0 Å². The van der Waals surface area contributed by atoms with Crippen LogP contribution >= 0.6 is 0 Å². The number of ether oxygens (including phenoxy) is 1. The Kier molecular flexibility index (Phi) is 5.31. The van der Waals surface area contributed by atoms with Crippen LogP contribution in [-0.2, 0) is 30.6 Å². The minimum absolute atomic E-state index is 0.000954. The highest BCUT2D eigenvalue weighted by Crippen LogP contribution is 2.42. The lowest BCUT2D eigenvalue weighted by atomic mass is 9.81. The molecule has 158 valence electrons. The van der Waals surface area contributed by atoms with Crippen LogP contribution in [0.4, 0.5) is 5.69 Å². The SMILES string of the molecule is O=C1OC[C@@H]2CON(CCS(=O)(=O)c3ccccc3)[C@]12Cc1ccccc1[N+](=O)[O-]. The van der Waals surface area contributed by atoms with Gasteiger partial charge in [0, 0.05) is 24.6 Å². The first-order valence-electron chi connectivity index (χ1n) is 9.42. The van der Waals surface area contributed by atoms with Crippen LogP contribution in [0, 0.1) is 16.0 Å². The summed E-state index contributed by atoms with van der Waals surface area (Å²) in [6.07, 6.45) is -0.000954. The van der Waals surface area contributed by atoms with Crippen molar-refractivity contribution in [1.29, 1.82) is 0 Å². The van der Waals surface area contributed by atoms with Gasteiger partial charge in [-0.2, -0.15) is 5.06 Å². The molecule has 0 aliphatic carbocycles. The minimum atomic E-state index is -3.60. The zero-order chi connectivity index (χ0) is 21.4. The molecule has 2 aliphatic rings. The molecule has 0 saturated carbocycles. The van der Waals surface area contributed by atoms with Crippen molar-refractivity contribution in [3.63, 3.8) is 0 Å². The third-order valence-corrected chi connectivity index (χ3v) is 7.35. The summed E-state index contributed by atoms with van der Waals surface area (Å²) in [7, 11) is -3.60. The predicted molar refractivity (Wildman–Crippen MR) is 105 cm³/mol. The average molecular weight is 432 g/mol. The van der Waals surface area contributed by atoms with Crippen molar-refractivity contribution in [2.75, 3.05) is 25.5 Å². The van der Waals surface area contributed by atoms with E-state index in [1.54, 1.807) is 36.4 Å². The fourth-order valence-corrected chi connectivity index (χ4v) is 5.25. The molecule has 2 saturated heterocycles. The van der Waals surface area contributed by atoms with Gasteiger partial charge in [0.2, 0.25) is 0 Å². The third kappa shape index (κ3) is 3.47. The molecule has 30 heavy (non-hydrogen) atoms. The number of cyclic esters (lactones) is 1. The van der Waals surface area contributed by atoms with E-state index in [-0.39, 0.29) is 48.4 Å². The summed E-state index contributed by atoms with van der Waals surface area (Å²) in [5.41, 5.74) is -1.03. The maximum atomic E-state index is 12.8. The number of carbonyl (C=O) groups excluding carboxylic acids is 1. The Morgan fingerprint density at radius 3 is 2.53 bits per heavy atom. The molecule has 2 atom stereocenters. The molecular weight excluding hydrogens is 412 g/mol. The Bertz CT molecular complexity index is 1070. The van der Waals surface area contributed by atoms with Crippen molar-refractivity contribution in [3.8, 4) is 0 Å². The van der Waals surface area contributed by atoms with Gasteiger partial charge in [0.05, 0.1) is 34.7 Å². The van der Waals surface area contributed by atoms with Crippen LogP contribution in [0.5, 0.6) is 0 Å². The van der Waals surface area contributed by atoms with Crippen molar-refractivity contribution in [2.45, 2.75) is 16.9 Å². The van der Waals surface area contributed by atoms with E-state index in [1.165, 1.54) is 23.3 Å². The molecule has 2 heterocycles. The van der Waals surface area contributed by atoms with Crippen molar-refractivity contribution in [2.24, 2.45) is 5.92 Å². The smallest absolute Gasteiger partial charge is 0.329 e. The topological polar surface area (TPSA) is 116 Å². The summed E-state index contributed by atoms with van der Waals surface area (Å²) in [4.78, 5) is 29.6. The van der Waals surface area contributed by atoms with Gasteiger partial charge in [-0.25, -0.2) is 13.2 Å². The van der Waals surface area contributed by atoms with Crippen molar-refractivity contribution in [1.82, 2.24) is 5.06 Å². The Balaban J connectivity index is 1.62. The molecule has 2 fully saturated rings. The van der Waals surface area contributed by atoms with E-state index in [2.05, 4.69) is 0 Å². The lowest BCUT2D eigenvalue weighted by Gasteiger charge is -2.32. The van der Waals surface area contributed by atoms with E-state index in [0.717, 1.165) is 0 Å². The van der Waals surface area contributed by atoms with E-state index in [1.807, 2.05) is 0 Å². The molecule has 0 unspecified atom stereocenters. The fourth-order valence-electron chi connectivity index (χ4n) is 4.04. The van der Waals surface area contributed by atoms with E-state index < -0.39 is 26.3 Å². The quantitative estimate of drug-likeness (QED) is 0.369. The maximum absolute atomic E-state index is 12.8. The van der Waals surface area contributed by atoms with E-state index in [9.17, 15) is 23.3 Å². The fraction of sp³-hybridized carbons (Fsp3) is 0.350. The number of hydrogen-bond donors (Lipinski definition) is 0. The zero-order valence-electron chi connectivity index (χ0n) is 16.0. The second-order valence-electron chi connectivity index (χ2n) is 7.31. The van der Waals surface area contributed by atoms with Gasteiger partial charge in [-0.1, -0.05) is 36.4 Å². The molecule has 4 rings (SSSR count). The molecule has 9 nitrogen and oxygen atoms in total. The number of nitro groups is 1. The zero-order valence-corrected chi connectivity index (χ0v) is 16.8. The van der Waals surface area contributed by atoms with E-state index in [0.29, 0.717) is 5.56 Å². The highest BCUT2D eigenvalue weighted by atomic mass is 32.2. The number of hydroxylamine groups is 2. The van der Waals surface area contributed by atoms with Crippen LogP contribution < -0.4 is 0 Å². The van der Waals surface area contributed by atoms with E-state index >= 15 is 0 Å². The van der Waals surface area contributed by atoms with Gasteiger partial charge in [-0.15, -0.1) is 0 Å². The average Bonchev–Trinajstić information content (AvgIpc) is 3.24. The molecule has 0 amide bonds. The van der Waals surface area contributed by atoms with Crippen LogP contribution in [0.25, 0.3) is 0 Å². The molecule has 0 spiro atoms. The summed E-state index contributed by atoms with van der Waals surface area (Å²) in [6.45, 7) is 0.239. The molecule has 2 aromatic rings. The molecule has 0 bridgehead atoms. The standard InChI is InChI=1S/C20H20N2O7S/c23-19-20(12-15-6-4-5-9-18(15)22(24)25)16(13-28-19)14-29-21(20)10-11-30(26,27)17-7-2-1-3-8-17/h1-9,16H,10-14H2/t16-,20+/m1/s1. The van der Waals surface area contributed by atoms with Gasteiger partial charge in [0.25, 0.3) is 5.69 Å². The summed E-state index contributed by atoms with van der Waals surface area (Å²) < 4.78 is 30.6. The molecule has 2 aliphatic heterocycles. The number of benzene rings is 2. The monoisotopic (exact) mass is 432 g/mol. The Hall–Kier alpha value is -2.82. The summed E-state index contributed by atoms with van der Waals surface area (Å²) in [5.74, 6) is -1.17. The van der Waals surface area contributed by atoms with Crippen molar-refractivity contribution >= 4 is 21.5 Å². The van der Waals surface area contributed by atoms with Gasteiger partial charge in [-0.3, -0.25) is 15.0 Å². The number of carbonyl (C=O) groups is 1. The van der Waals surface area contributed by atoms with Gasteiger partial charge < -0.3 is 4.74 Å². The van der Waals surface area contributed by atoms with Crippen LogP contribution in [0.2, 0.25) is 0 Å². The largest absolute Gasteiger partial charge is 0.464 e. The van der Waals surface area contributed by atoms with Crippen LogP contribution in [-0.4, -0.2) is 55.4 Å². The third-order valence-electron chi connectivity index (χ3n) is 5.63. The Morgan fingerprint density at radius 2 is 1.80 bits per heavy atom. The van der Waals surface area contributed by atoms with Crippen LogP contribution in [0.1, 0.15) is 5.56 Å². The first kappa shape index (κ1) is 20.5. The lowest BCUT2D eigenvalue weighted by Crippen LogP contribution is -2.54.